The van der Waals surface area contributed by atoms with E-state index in [9.17, 15) is 0 Å². The SMILES string of the molecule is COc1ccccc1C(C(C)N)n1nc(C)c(Cl)c1C. The quantitative estimate of drug-likeness (QED) is 0.942. The molecule has 0 saturated carbocycles. The smallest absolute Gasteiger partial charge is 0.124 e. The molecule has 0 fully saturated rings. The monoisotopic (exact) mass is 293 g/mol. The lowest BCUT2D eigenvalue weighted by Gasteiger charge is -2.25. The average Bonchev–Trinajstić information content (AvgIpc) is 2.67. The summed E-state index contributed by atoms with van der Waals surface area (Å²) >= 11 is 6.25. The Kier molecular flexibility index (Phi) is 4.35. The highest BCUT2D eigenvalue weighted by molar-refractivity contribution is 6.31. The molecule has 2 aromatic rings. The number of hydrogen-bond donors (Lipinski definition) is 1. The molecule has 5 heteroatoms. The molecular formula is C15H20ClN3O. The van der Waals surface area contributed by atoms with Gasteiger partial charge in [0, 0.05) is 11.6 Å². The van der Waals surface area contributed by atoms with Crippen LogP contribution in [0.2, 0.25) is 5.02 Å². The van der Waals surface area contributed by atoms with Gasteiger partial charge in [-0.2, -0.15) is 5.10 Å². The summed E-state index contributed by atoms with van der Waals surface area (Å²) < 4.78 is 7.33. The third-order valence-corrected chi connectivity index (χ3v) is 4.00. The van der Waals surface area contributed by atoms with Gasteiger partial charge in [0.05, 0.1) is 29.6 Å². The average molecular weight is 294 g/mol. The van der Waals surface area contributed by atoms with Crippen LogP contribution in [0.1, 0.15) is 29.9 Å². The van der Waals surface area contributed by atoms with Crippen molar-refractivity contribution in [3.8, 4) is 5.75 Å². The van der Waals surface area contributed by atoms with Crippen molar-refractivity contribution in [3.63, 3.8) is 0 Å². The fourth-order valence-electron chi connectivity index (χ4n) is 2.46. The number of ether oxygens (including phenoxy) is 1. The second-order valence-electron chi connectivity index (χ2n) is 4.98. The van der Waals surface area contributed by atoms with Gasteiger partial charge in [0.25, 0.3) is 0 Å². The second-order valence-corrected chi connectivity index (χ2v) is 5.35. The Balaban J connectivity index is 2.60. The van der Waals surface area contributed by atoms with E-state index in [2.05, 4.69) is 5.10 Å². The Labute approximate surface area is 124 Å². The molecule has 1 heterocycles. The second kappa shape index (κ2) is 5.85. The van der Waals surface area contributed by atoms with E-state index in [1.807, 2.05) is 49.7 Å². The zero-order valence-electron chi connectivity index (χ0n) is 12.2. The van der Waals surface area contributed by atoms with Gasteiger partial charge in [-0.3, -0.25) is 4.68 Å². The first-order valence-corrected chi connectivity index (χ1v) is 6.94. The molecule has 4 nitrogen and oxygen atoms in total. The van der Waals surface area contributed by atoms with E-state index < -0.39 is 0 Å². The zero-order chi connectivity index (χ0) is 14.9. The Morgan fingerprint density at radius 3 is 2.45 bits per heavy atom. The van der Waals surface area contributed by atoms with Gasteiger partial charge in [-0.1, -0.05) is 29.8 Å². The summed E-state index contributed by atoms with van der Waals surface area (Å²) in [6.45, 7) is 5.81. The van der Waals surface area contributed by atoms with Crippen molar-refractivity contribution in [2.45, 2.75) is 32.9 Å². The van der Waals surface area contributed by atoms with Crippen molar-refractivity contribution in [2.75, 3.05) is 7.11 Å². The first-order valence-electron chi connectivity index (χ1n) is 6.57. The maximum absolute atomic E-state index is 6.25. The summed E-state index contributed by atoms with van der Waals surface area (Å²) in [6, 6.07) is 7.61. The third kappa shape index (κ3) is 2.53. The lowest BCUT2D eigenvalue weighted by Crippen LogP contribution is -2.32. The third-order valence-electron chi connectivity index (χ3n) is 3.46. The molecular weight excluding hydrogens is 274 g/mol. The number of nitrogens with two attached hydrogens (primary N) is 1. The maximum atomic E-state index is 6.25. The molecule has 0 radical (unpaired) electrons. The van der Waals surface area contributed by atoms with Gasteiger partial charge in [-0.15, -0.1) is 0 Å². The summed E-state index contributed by atoms with van der Waals surface area (Å²) in [5.41, 5.74) is 8.92. The van der Waals surface area contributed by atoms with Crippen LogP contribution in [0.15, 0.2) is 24.3 Å². The molecule has 2 atom stereocenters. The lowest BCUT2D eigenvalue weighted by molar-refractivity contribution is 0.382. The lowest BCUT2D eigenvalue weighted by atomic mass is 10.00. The highest BCUT2D eigenvalue weighted by Crippen LogP contribution is 2.32. The molecule has 0 aliphatic carbocycles. The molecule has 20 heavy (non-hydrogen) atoms. The number of halogens is 1. The highest BCUT2D eigenvalue weighted by atomic mass is 35.5. The van der Waals surface area contributed by atoms with Crippen molar-refractivity contribution in [2.24, 2.45) is 5.73 Å². The molecule has 2 N–H and O–H groups in total. The molecule has 0 bridgehead atoms. The molecule has 108 valence electrons. The largest absolute Gasteiger partial charge is 0.496 e. The minimum Gasteiger partial charge on any atom is -0.496 e. The van der Waals surface area contributed by atoms with E-state index in [1.54, 1.807) is 7.11 Å². The Bertz CT molecular complexity index is 607. The fraction of sp³-hybridized carbons (Fsp3) is 0.400. The van der Waals surface area contributed by atoms with E-state index in [4.69, 9.17) is 22.1 Å². The van der Waals surface area contributed by atoms with Crippen molar-refractivity contribution in [1.29, 1.82) is 0 Å². The standard InChI is InChI=1S/C15H20ClN3O/c1-9(17)15(12-7-5-6-8-13(12)20-4)19-11(3)14(16)10(2)18-19/h5-9,15H,17H2,1-4H3. The number of nitrogens with zero attached hydrogens (tertiary/aromatic N) is 2. The number of aromatic nitrogens is 2. The van der Waals surface area contributed by atoms with Crippen molar-refractivity contribution in [3.05, 3.63) is 46.2 Å². The zero-order valence-corrected chi connectivity index (χ0v) is 13.0. The molecule has 1 aromatic carbocycles. The molecule has 1 aromatic heterocycles. The molecule has 2 unspecified atom stereocenters. The van der Waals surface area contributed by atoms with E-state index >= 15 is 0 Å². The van der Waals surface area contributed by atoms with Crippen LogP contribution in [0, 0.1) is 13.8 Å². The first-order chi connectivity index (χ1) is 9.47. The van der Waals surface area contributed by atoms with Gasteiger partial charge >= 0.3 is 0 Å². The summed E-state index contributed by atoms with van der Waals surface area (Å²) in [6.07, 6.45) is 0. The van der Waals surface area contributed by atoms with Gasteiger partial charge in [0.1, 0.15) is 5.75 Å². The van der Waals surface area contributed by atoms with Gasteiger partial charge in [0.2, 0.25) is 0 Å². The van der Waals surface area contributed by atoms with Crippen molar-refractivity contribution < 1.29 is 4.74 Å². The first kappa shape index (κ1) is 14.9. The number of hydrogen-bond acceptors (Lipinski definition) is 3. The van der Waals surface area contributed by atoms with Crippen LogP contribution in [0.25, 0.3) is 0 Å². The van der Waals surface area contributed by atoms with Crippen molar-refractivity contribution in [1.82, 2.24) is 9.78 Å². The minimum atomic E-state index is -0.125. The van der Waals surface area contributed by atoms with E-state index in [0.29, 0.717) is 5.02 Å². The summed E-state index contributed by atoms with van der Waals surface area (Å²) in [7, 11) is 1.66. The summed E-state index contributed by atoms with van der Waals surface area (Å²) in [5.74, 6) is 0.804. The normalized spacial score (nSPS) is 14.1. The van der Waals surface area contributed by atoms with Crippen LogP contribution in [0.4, 0.5) is 0 Å². The Morgan fingerprint density at radius 2 is 1.95 bits per heavy atom. The number of benzene rings is 1. The molecule has 0 aliphatic rings. The Morgan fingerprint density at radius 1 is 1.30 bits per heavy atom. The molecule has 0 saturated heterocycles. The number of methoxy groups -OCH3 is 1. The summed E-state index contributed by atoms with van der Waals surface area (Å²) in [5, 5.41) is 5.22. The number of aryl methyl sites for hydroxylation is 1. The number of para-hydroxylation sites is 1. The molecule has 0 spiro atoms. The minimum absolute atomic E-state index is 0.114. The van der Waals surface area contributed by atoms with Crippen LogP contribution in [-0.2, 0) is 0 Å². The molecule has 0 amide bonds. The van der Waals surface area contributed by atoms with Gasteiger partial charge in [-0.25, -0.2) is 0 Å². The van der Waals surface area contributed by atoms with E-state index in [1.165, 1.54) is 0 Å². The van der Waals surface area contributed by atoms with Crippen LogP contribution >= 0.6 is 11.6 Å². The van der Waals surface area contributed by atoms with E-state index in [0.717, 1.165) is 22.7 Å². The molecule has 2 rings (SSSR count). The van der Waals surface area contributed by atoms with E-state index in [-0.39, 0.29) is 12.1 Å². The van der Waals surface area contributed by atoms with Crippen LogP contribution < -0.4 is 10.5 Å². The highest BCUT2D eigenvalue weighted by Gasteiger charge is 2.25. The van der Waals surface area contributed by atoms with Crippen LogP contribution in [0.3, 0.4) is 0 Å². The van der Waals surface area contributed by atoms with Crippen molar-refractivity contribution >= 4 is 11.6 Å². The Hall–Kier alpha value is -1.52. The van der Waals surface area contributed by atoms with Gasteiger partial charge in [0.15, 0.2) is 0 Å². The van der Waals surface area contributed by atoms with Crippen LogP contribution in [0.5, 0.6) is 5.75 Å². The molecule has 0 aliphatic heterocycles. The fourth-order valence-corrected chi connectivity index (χ4v) is 2.59. The maximum Gasteiger partial charge on any atom is 0.124 e. The summed E-state index contributed by atoms with van der Waals surface area (Å²) in [4.78, 5) is 0. The van der Waals surface area contributed by atoms with Crippen LogP contribution in [-0.4, -0.2) is 22.9 Å². The predicted molar refractivity (Wildman–Crippen MR) is 81.5 cm³/mol. The van der Waals surface area contributed by atoms with Gasteiger partial charge < -0.3 is 10.5 Å². The predicted octanol–water partition coefficient (Wildman–Crippen LogP) is 3.10. The number of rotatable bonds is 4. The van der Waals surface area contributed by atoms with Gasteiger partial charge in [-0.05, 0) is 26.8 Å². The topological polar surface area (TPSA) is 53.1 Å².